The van der Waals surface area contributed by atoms with Gasteiger partial charge < -0.3 is 4.57 Å². The average molecular weight is 213 g/mol. The van der Waals surface area contributed by atoms with Gasteiger partial charge in [-0.3, -0.25) is 4.79 Å². The molecule has 0 bridgehead atoms. The highest BCUT2D eigenvalue weighted by molar-refractivity contribution is 5.72. The first-order valence-electron chi connectivity index (χ1n) is 5.53. The van der Waals surface area contributed by atoms with E-state index in [1.807, 2.05) is 41.1 Å². The summed E-state index contributed by atoms with van der Waals surface area (Å²) in [6, 6.07) is 14.3. The summed E-state index contributed by atoms with van der Waals surface area (Å²) >= 11 is 0. The van der Waals surface area contributed by atoms with Gasteiger partial charge in [-0.2, -0.15) is 0 Å². The van der Waals surface area contributed by atoms with Gasteiger partial charge in [-0.15, -0.1) is 0 Å². The summed E-state index contributed by atoms with van der Waals surface area (Å²) < 4.78 is 2.03. The molecule has 1 heterocycles. The normalized spacial score (nSPS) is 12.3. The summed E-state index contributed by atoms with van der Waals surface area (Å²) in [4.78, 5) is 10.9. The van der Waals surface area contributed by atoms with E-state index in [9.17, 15) is 4.79 Å². The smallest absolute Gasteiger partial charge is 0.166 e. The van der Waals surface area contributed by atoms with Gasteiger partial charge in [-0.1, -0.05) is 37.3 Å². The van der Waals surface area contributed by atoms with Crippen molar-refractivity contribution in [2.45, 2.75) is 19.4 Å². The molecule has 82 valence electrons. The van der Waals surface area contributed by atoms with Gasteiger partial charge in [0.05, 0.1) is 11.7 Å². The van der Waals surface area contributed by atoms with Crippen LogP contribution in [0.25, 0.3) is 0 Å². The van der Waals surface area contributed by atoms with Crippen molar-refractivity contribution in [2.75, 3.05) is 0 Å². The third-order valence-corrected chi connectivity index (χ3v) is 2.84. The lowest BCUT2D eigenvalue weighted by Crippen LogP contribution is -2.11. The van der Waals surface area contributed by atoms with E-state index in [2.05, 4.69) is 19.1 Å². The van der Waals surface area contributed by atoms with Crippen LogP contribution >= 0.6 is 0 Å². The van der Waals surface area contributed by atoms with E-state index >= 15 is 0 Å². The van der Waals surface area contributed by atoms with Crippen LogP contribution in [-0.2, 0) is 0 Å². The summed E-state index contributed by atoms with van der Waals surface area (Å²) in [5, 5.41) is 0. The number of carbonyl (C=O) groups is 1. The Balaban J connectivity index is 2.40. The second-order valence-corrected chi connectivity index (χ2v) is 3.79. The van der Waals surface area contributed by atoms with Crippen molar-refractivity contribution in [2.24, 2.45) is 0 Å². The van der Waals surface area contributed by atoms with Crippen LogP contribution in [0.1, 0.15) is 35.4 Å². The highest BCUT2D eigenvalue weighted by Crippen LogP contribution is 2.23. The number of benzene rings is 1. The second-order valence-electron chi connectivity index (χ2n) is 3.79. The Morgan fingerprint density at radius 3 is 2.56 bits per heavy atom. The standard InChI is InChI=1S/C14H15NO/c1-2-14(12-7-4-3-5-8-12)15-10-6-9-13(15)11-16/h3-11,14H,2H2,1H3. The Morgan fingerprint density at radius 1 is 1.19 bits per heavy atom. The molecule has 2 nitrogen and oxygen atoms in total. The Bertz CT molecular complexity index is 459. The van der Waals surface area contributed by atoms with Gasteiger partial charge in [0.2, 0.25) is 0 Å². The molecule has 16 heavy (non-hydrogen) atoms. The molecule has 1 unspecified atom stereocenters. The topological polar surface area (TPSA) is 22.0 Å². The van der Waals surface area contributed by atoms with Gasteiger partial charge in [0.25, 0.3) is 0 Å². The molecular weight excluding hydrogens is 198 g/mol. The molecule has 1 atom stereocenters. The molecule has 0 amide bonds. The molecule has 1 aromatic heterocycles. The largest absolute Gasteiger partial charge is 0.338 e. The molecule has 0 radical (unpaired) electrons. The number of aldehydes is 1. The Hall–Kier alpha value is -1.83. The molecule has 0 fully saturated rings. The molecule has 0 saturated carbocycles. The van der Waals surface area contributed by atoms with Crippen molar-refractivity contribution in [1.82, 2.24) is 4.57 Å². The molecule has 1 aromatic carbocycles. The fourth-order valence-corrected chi connectivity index (χ4v) is 2.06. The highest BCUT2D eigenvalue weighted by Gasteiger charge is 2.12. The van der Waals surface area contributed by atoms with E-state index in [-0.39, 0.29) is 6.04 Å². The van der Waals surface area contributed by atoms with E-state index in [0.29, 0.717) is 0 Å². The van der Waals surface area contributed by atoms with E-state index < -0.39 is 0 Å². The molecule has 0 aliphatic carbocycles. The van der Waals surface area contributed by atoms with Crippen molar-refractivity contribution in [3.8, 4) is 0 Å². The van der Waals surface area contributed by atoms with Crippen molar-refractivity contribution in [3.05, 3.63) is 59.9 Å². The number of nitrogens with zero attached hydrogens (tertiary/aromatic N) is 1. The van der Waals surface area contributed by atoms with Gasteiger partial charge in [0.1, 0.15) is 0 Å². The van der Waals surface area contributed by atoms with Crippen molar-refractivity contribution >= 4 is 6.29 Å². The Kier molecular flexibility index (Phi) is 3.20. The van der Waals surface area contributed by atoms with Crippen LogP contribution in [-0.4, -0.2) is 10.9 Å². The zero-order valence-electron chi connectivity index (χ0n) is 9.34. The first kappa shape index (κ1) is 10.7. The van der Waals surface area contributed by atoms with Gasteiger partial charge >= 0.3 is 0 Å². The molecule has 0 aliphatic heterocycles. The predicted octanol–water partition coefficient (Wildman–Crippen LogP) is 3.30. The summed E-state index contributed by atoms with van der Waals surface area (Å²) in [6.07, 6.45) is 3.84. The van der Waals surface area contributed by atoms with Crippen molar-refractivity contribution in [1.29, 1.82) is 0 Å². The summed E-state index contributed by atoms with van der Waals surface area (Å²) in [7, 11) is 0. The first-order chi connectivity index (χ1) is 7.86. The fourth-order valence-electron chi connectivity index (χ4n) is 2.06. The lowest BCUT2D eigenvalue weighted by molar-refractivity contribution is 0.111. The molecule has 2 rings (SSSR count). The second kappa shape index (κ2) is 4.79. The number of carbonyl (C=O) groups excluding carboxylic acids is 1. The Labute approximate surface area is 95.5 Å². The van der Waals surface area contributed by atoms with Gasteiger partial charge in [0, 0.05) is 6.20 Å². The van der Waals surface area contributed by atoms with Crippen LogP contribution in [0.4, 0.5) is 0 Å². The first-order valence-corrected chi connectivity index (χ1v) is 5.53. The predicted molar refractivity (Wildman–Crippen MR) is 64.7 cm³/mol. The van der Waals surface area contributed by atoms with Crippen LogP contribution < -0.4 is 0 Å². The summed E-state index contributed by atoms with van der Waals surface area (Å²) in [5.41, 5.74) is 1.97. The van der Waals surface area contributed by atoms with Gasteiger partial charge in [-0.25, -0.2) is 0 Å². The molecule has 0 spiro atoms. The molecule has 2 heteroatoms. The minimum absolute atomic E-state index is 0.247. The number of rotatable bonds is 4. The number of aromatic nitrogens is 1. The third kappa shape index (κ3) is 1.91. The average Bonchev–Trinajstić information content (AvgIpc) is 2.80. The van der Waals surface area contributed by atoms with Crippen LogP contribution in [0.2, 0.25) is 0 Å². The fraction of sp³-hybridized carbons (Fsp3) is 0.214. The van der Waals surface area contributed by atoms with E-state index in [4.69, 9.17) is 0 Å². The summed E-state index contributed by atoms with van der Waals surface area (Å²) in [5.74, 6) is 0. The molecule has 0 aliphatic rings. The molecular formula is C14H15NO. The van der Waals surface area contributed by atoms with Crippen molar-refractivity contribution < 1.29 is 4.79 Å². The van der Waals surface area contributed by atoms with E-state index in [0.717, 1.165) is 18.4 Å². The monoisotopic (exact) mass is 213 g/mol. The molecule has 0 N–H and O–H groups in total. The van der Waals surface area contributed by atoms with Crippen LogP contribution in [0.15, 0.2) is 48.7 Å². The minimum Gasteiger partial charge on any atom is -0.338 e. The zero-order valence-corrected chi connectivity index (χ0v) is 9.34. The SMILES string of the molecule is CCC(c1ccccc1)n1cccc1C=O. The van der Waals surface area contributed by atoms with E-state index in [1.54, 1.807) is 0 Å². The maximum absolute atomic E-state index is 10.9. The van der Waals surface area contributed by atoms with Gasteiger partial charge in [-0.05, 0) is 24.1 Å². The third-order valence-electron chi connectivity index (χ3n) is 2.84. The Morgan fingerprint density at radius 2 is 1.94 bits per heavy atom. The maximum Gasteiger partial charge on any atom is 0.166 e. The van der Waals surface area contributed by atoms with Gasteiger partial charge in [0.15, 0.2) is 6.29 Å². The van der Waals surface area contributed by atoms with Crippen LogP contribution in [0, 0.1) is 0 Å². The quantitative estimate of drug-likeness (QED) is 0.714. The van der Waals surface area contributed by atoms with E-state index in [1.165, 1.54) is 5.56 Å². The van der Waals surface area contributed by atoms with Crippen LogP contribution in [0.3, 0.4) is 0 Å². The summed E-state index contributed by atoms with van der Waals surface area (Å²) in [6.45, 7) is 2.13. The highest BCUT2D eigenvalue weighted by atomic mass is 16.1. The maximum atomic E-state index is 10.9. The van der Waals surface area contributed by atoms with Crippen LogP contribution in [0.5, 0.6) is 0 Å². The number of hydrogen-bond acceptors (Lipinski definition) is 1. The lowest BCUT2D eigenvalue weighted by atomic mass is 10.0. The lowest BCUT2D eigenvalue weighted by Gasteiger charge is -2.19. The van der Waals surface area contributed by atoms with Crippen molar-refractivity contribution in [3.63, 3.8) is 0 Å². The molecule has 0 saturated heterocycles. The molecule has 2 aromatic rings. The zero-order chi connectivity index (χ0) is 11.4. The minimum atomic E-state index is 0.247. The number of hydrogen-bond donors (Lipinski definition) is 0.